The maximum Gasteiger partial charge on any atom is 0.267 e. The second-order valence-electron chi connectivity index (χ2n) is 3.87. The number of nitrogens with one attached hydrogen (secondary N) is 1. The summed E-state index contributed by atoms with van der Waals surface area (Å²) in [6, 6.07) is 9.55. The van der Waals surface area contributed by atoms with Crippen molar-refractivity contribution < 1.29 is 12.6 Å². The average molecular weight is 241 g/mol. The molecule has 4 nitrogen and oxygen atoms in total. The molecule has 0 aromatic heterocycles. The van der Waals surface area contributed by atoms with Crippen LogP contribution in [0.15, 0.2) is 30.3 Å². The molecular weight excluding hydrogens is 226 g/mol. The molecule has 2 rings (SSSR count). The highest BCUT2D eigenvalue weighted by Gasteiger charge is 2.24. The van der Waals surface area contributed by atoms with Gasteiger partial charge < -0.3 is 5.32 Å². The van der Waals surface area contributed by atoms with Crippen LogP contribution in [0.3, 0.4) is 0 Å². The zero-order valence-electron chi connectivity index (χ0n) is 8.93. The molecule has 1 aromatic carbocycles. The van der Waals surface area contributed by atoms with Gasteiger partial charge in [0.05, 0.1) is 5.75 Å². The lowest BCUT2D eigenvalue weighted by Crippen LogP contribution is -2.49. The standard InChI is InChI=1S/C11H15NO3S/c13-16(14,15-11-8-12-9-11)7-6-10-4-2-1-3-5-10/h1-5,11-12H,6-9H2. The summed E-state index contributed by atoms with van der Waals surface area (Å²) in [4.78, 5) is 0. The fraction of sp³-hybridized carbons (Fsp3) is 0.455. The van der Waals surface area contributed by atoms with E-state index in [1.165, 1.54) is 0 Å². The van der Waals surface area contributed by atoms with Crippen LogP contribution in [-0.4, -0.2) is 33.4 Å². The van der Waals surface area contributed by atoms with Crippen molar-refractivity contribution in [2.45, 2.75) is 12.5 Å². The van der Waals surface area contributed by atoms with E-state index in [0.717, 1.165) is 5.56 Å². The van der Waals surface area contributed by atoms with E-state index in [0.29, 0.717) is 19.5 Å². The quantitative estimate of drug-likeness (QED) is 0.765. The third-order valence-electron chi connectivity index (χ3n) is 2.51. The van der Waals surface area contributed by atoms with Gasteiger partial charge in [-0.1, -0.05) is 30.3 Å². The number of hydrogen-bond donors (Lipinski definition) is 1. The summed E-state index contributed by atoms with van der Waals surface area (Å²) in [5.41, 5.74) is 1.02. The maximum atomic E-state index is 11.6. The van der Waals surface area contributed by atoms with Gasteiger partial charge in [-0.05, 0) is 12.0 Å². The van der Waals surface area contributed by atoms with Gasteiger partial charge >= 0.3 is 0 Å². The summed E-state index contributed by atoms with van der Waals surface area (Å²) in [6.07, 6.45) is 0.337. The maximum absolute atomic E-state index is 11.6. The second kappa shape index (κ2) is 4.95. The summed E-state index contributed by atoms with van der Waals surface area (Å²) < 4.78 is 28.1. The molecule has 1 aromatic rings. The van der Waals surface area contributed by atoms with Crippen molar-refractivity contribution in [3.05, 3.63) is 35.9 Å². The lowest BCUT2D eigenvalue weighted by Gasteiger charge is -2.26. The van der Waals surface area contributed by atoms with Crippen LogP contribution in [0.1, 0.15) is 5.56 Å². The Hall–Kier alpha value is -0.910. The Morgan fingerprint density at radius 2 is 1.94 bits per heavy atom. The first kappa shape index (κ1) is 11.6. The summed E-state index contributed by atoms with van der Waals surface area (Å²) in [7, 11) is -3.38. The van der Waals surface area contributed by atoms with Crippen LogP contribution in [0, 0.1) is 0 Å². The van der Waals surface area contributed by atoms with Gasteiger partial charge in [0.1, 0.15) is 6.10 Å². The molecule has 0 spiro atoms. The van der Waals surface area contributed by atoms with E-state index < -0.39 is 10.1 Å². The number of hydrogen-bond acceptors (Lipinski definition) is 4. The number of benzene rings is 1. The highest BCUT2D eigenvalue weighted by Crippen LogP contribution is 2.08. The van der Waals surface area contributed by atoms with Crippen LogP contribution in [0.2, 0.25) is 0 Å². The second-order valence-corrected chi connectivity index (χ2v) is 5.59. The Labute approximate surface area is 95.7 Å². The summed E-state index contributed by atoms with van der Waals surface area (Å²) in [5, 5.41) is 2.97. The molecular formula is C11H15NO3S. The van der Waals surface area contributed by atoms with E-state index in [-0.39, 0.29) is 11.9 Å². The predicted molar refractivity (Wildman–Crippen MR) is 61.7 cm³/mol. The van der Waals surface area contributed by atoms with Gasteiger partial charge in [0.2, 0.25) is 0 Å². The molecule has 0 unspecified atom stereocenters. The summed E-state index contributed by atoms with van der Waals surface area (Å²) >= 11 is 0. The third kappa shape index (κ3) is 3.30. The fourth-order valence-electron chi connectivity index (χ4n) is 1.47. The van der Waals surface area contributed by atoms with Crippen molar-refractivity contribution in [2.75, 3.05) is 18.8 Å². The van der Waals surface area contributed by atoms with E-state index in [1.807, 2.05) is 30.3 Å². The molecule has 1 saturated heterocycles. The highest BCUT2D eigenvalue weighted by molar-refractivity contribution is 7.86. The molecule has 1 heterocycles. The first-order valence-electron chi connectivity index (χ1n) is 5.31. The smallest absolute Gasteiger partial charge is 0.267 e. The molecule has 16 heavy (non-hydrogen) atoms. The van der Waals surface area contributed by atoms with Crippen LogP contribution in [0.25, 0.3) is 0 Å². The van der Waals surface area contributed by atoms with Crippen molar-refractivity contribution >= 4 is 10.1 Å². The molecule has 88 valence electrons. The first-order valence-corrected chi connectivity index (χ1v) is 6.89. The molecule has 0 amide bonds. The van der Waals surface area contributed by atoms with Crippen molar-refractivity contribution in [2.24, 2.45) is 0 Å². The van der Waals surface area contributed by atoms with Crippen molar-refractivity contribution in [3.8, 4) is 0 Å². The van der Waals surface area contributed by atoms with E-state index in [4.69, 9.17) is 4.18 Å². The topological polar surface area (TPSA) is 55.4 Å². The van der Waals surface area contributed by atoms with Crippen LogP contribution >= 0.6 is 0 Å². The normalized spacial score (nSPS) is 17.0. The largest absolute Gasteiger partial charge is 0.311 e. The highest BCUT2D eigenvalue weighted by atomic mass is 32.2. The van der Waals surface area contributed by atoms with Crippen LogP contribution in [-0.2, 0) is 20.7 Å². The van der Waals surface area contributed by atoms with Crippen molar-refractivity contribution in [1.29, 1.82) is 0 Å². The number of aryl methyl sites for hydroxylation is 1. The van der Waals surface area contributed by atoms with Gasteiger partial charge in [-0.15, -0.1) is 0 Å². The Kier molecular flexibility index (Phi) is 3.58. The Morgan fingerprint density at radius 1 is 1.25 bits per heavy atom. The molecule has 1 aliphatic rings. The molecule has 0 aliphatic carbocycles. The van der Waals surface area contributed by atoms with Gasteiger partial charge in [-0.3, -0.25) is 4.18 Å². The monoisotopic (exact) mass is 241 g/mol. The predicted octanol–water partition coefficient (Wildman–Crippen LogP) is 0.547. The van der Waals surface area contributed by atoms with Gasteiger partial charge in [0.15, 0.2) is 0 Å². The van der Waals surface area contributed by atoms with Crippen LogP contribution < -0.4 is 5.32 Å². The first-order chi connectivity index (χ1) is 7.66. The molecule has 1 aliphatic heterocycles. The van der Waals surface area contributed by atoms with Gasteiger partial charge in [0.25, 0.3) is 10.1 Å². The summed E-state index contributed by atoms with van der Waals surface area (Å²) in [5.74, 6) is 0.0491. The van der Waals surface area contributed by atoms with E-state index >= 15 is 0 Å². The molecule has 0 saturated carbocycles. The zero-order valence-corrected chi connectivity index (χ0v) is 9.74. The SMILES string of the molecule is O=S(=O)(CCc1ccccc1)OC1CNC1. The Bertz CT molecular complexity index is 426. The zero-order chi connectivity index (χ0) is 11.4. The molecule has 0 atom stereocenters. The minimum atomic E-state index is -3.38. The van der Waals surface area contributed by atoms with Crippen LogP contribution in [0.5, 0.6) is 0 Å². The fourth-order valence-corrected chi connectivity index (χ4v) is 2.61. The molecule has 1 fully saturated rings. The van der Waals surface area contributed by atoms with Crippen molar-refractivity contribution in [1.82, 2.24) is 5.32 Å². The average Bonchev–Trinajstić information content (AvgIpc) is 2.23. The number of rotatable bonds is 5. The van der Waals surface area contributed by atoms with Crippen molar-refractivity contribution in [3.63, 3.8) is 0 Å². The van der Waals surface area contributed by atoms with E-state index in [1.54, 1.807) is 0 Å². The van der Waals surface area contributed by atoms with Crippen LogP contribution in [0.4, 0.5) is 0 Å². The minimum absolute atomic E-state index is 0.0491. The molecule has 0 bridgehead atoms. The third-order valence-corrected chi connectivity index (χ3v) is 3.78. The lowest BCUT2D eigenvalue weighted by atomic mass is 10.2. The van der Waals surface area contributed by atoms with Gasteiger partial charge in [-0.25, -0.2) is 0 Å². The van der Waals surface area contributed by atoms with Gasteiger partial charge in [-0.2, -0.15) is 8.42 Å². The molecule has 0 radical (unpaired) electrons. The Morgan fingerprint density at radius 3 is 2.50 bits per heavy atom. The van der Waals surface area contributed by atoms with E-state index in [9.17, 15) is 8.42 Å². The Balaban J connectivity index is 1.84. The minimum Gasteiger partial charge on any atom is -0.311 e. The molecule has 5 heteroatoms. The summed E-state index contributed by atoms with van der Waals surface area (Å²) in [6.45, 7) is 1.26. The lowest BCUT2D eigenvalue weighted by molar-refractivity contribution is 0.149. The molecule has 1 N–H and O–H groups in total. The van der Waals surface area contributed by atoms with E-state index in [2.05, 4.69) is 5.32 Å². The van der Waals surface area contributed by atoms with Gasteiger partial charge in [0, 0.05) is 13.1 Å².